The van der Waals surface area contributed by atoms with Crippen LogP contribution in [0.4, 0.5) is 0 Å². The summed E-state index contributed by atoms with van der Waals surface area (Å²) in [4.78, 5) is 0. The van der Waals surface area contributed by atoms with Gasteiger partial charge in [0.25, 0.3) is 0 Å². The molecule has 1 saturated carbocycles. The van der Waals surface area contributed by atoms with Crippen LogP contribution >= 0.6 is 15.9 Å². The van der Waals surface area contributed by atoms with E-state index in [9.17, 15) is 0 Å². The van der Waals surface area contributed by atoms with Gasteiger partial charge < -0.3 is 4.57 Å². The molecule has 0 spiro atoms. The summed E-state index contributed by atoms with van der Waals surface area (Å²) in [6.45, 7) is 5.57. The lowest BCUT2D eigenvalue weighted by Crippen LogP contribution is -2.15. The zero-order valence-electron chi connectivity index (χ0n) is 12.2. The van der Waals surface area contributed by atoms with Crippen LogP contribution in [0, 0.1) is 5.92 Å². The van der Waals surface area contributed by atoms with E-state index in [0.29, 0.717) is 11.8 Å². The van der Waals surface area contributed by atoms with Crippen molar-refractivity contribution in [1.29, 1.82) is 0 Å². The number of aromatic nitrogens is 3. The Morgan fingerprint density at radius 3 is 2.32 bits per heavy atom. The smallest absolute Gasteiger partial charge is 0.143 e. The molecule has 1 aromatic rings. The number of hydrogen-bond acceptors (Lipinski definition) is 2. The Morgan fingerprint density at radius 2 is 1.74 bits per heavy atom. The molecule has 0 amide bonds. The Morgan fingerprint density at radius 1 is 1.11 bits per heavy atom. The quantitative estimate of drug-likeness (QED) is 0.753. The molecular weight excluding hydrogens is 302 g/mol. The van der Waals surface area contributed by atoms with Gasteiger partial charge in [-0.2, -0.15) is 0 Å². The highest BCUT2D eigenvalue weighted by molar-refractivity contribution is 9.08. The molecule has 0 aliphatic heterocycles. The summed E-state index contributed by atoms with van der Waals surface area (Å²) in [5, 5.41) is 9.71. The van der Waals surface area contributed by atoms with E-state index in [2.05, 4.69) is 44.5 Å². The van der Waals surface area contributed by atoms with Crippen LogP contribution in [0.3, 0.4) is 0 Å². The highest BCUT2D eigenvalue weighted by atomic mass is 79.9. The maximum absolute atomic E-state index is 4.52. The monoisotopic (exact) mass is 327 g/mol. The Balaban J connectivity index is 2.18. The molecule has 0 bridgehead atoms. The lowest BCUT2D eigenvalue weighted by atomic mass is 9.90. The summed E-state index contributed by atoms with van der Waals surface area (Å²) in [5.41, 5.74) is 0. The predicted octanol–water partition coefficient (Wildman–Crippen LogP) is 4.66. The fraction of sp³-hybridized carbons (Fsp3) is 0.867. The first-order valence-corrected chi connectivity index (χ1v) is 8.82. The zero-order valence-corrected chi connectivity index (χ0v) is 13.8. The summed E-state index contributed by atoms with van der Waals surface area (Å²) in [5.74, 6) is 3.59. The third-order valence-corrected chi connectivity index (χ3v) is 4.50. The van der Waals surface area contributed by atoms with Crippen molar-refractivity contribution in [2.75, 3.05) is 0 Å². The van der Waals surface area contributed by atoms with Crippen molar-refractivity contribution in [3.05, 3.63) is 11.6 Å². The van der Waals surface area contributed by atoms with Crippen molar-refractivity contribution in [2.45, 2.75) is 76.6 Å². The van der Waals surface area contributed by atoms with Gasteiger partial charge in [0.15, 0.2) is 0 Å². The topological polar surface area (TPSA) is 30.7 Å². The Labute approximate surface area is 125 Å². The fourth-order valence-corrected chi connectivity index (χ4v) is 3.44. The van der Waals surface area contributed by atoms with Crippen LogP contribution in [0.5, 0.6) is 0 Å². The first kappa shape index (κ1) is 15.0. The zero-order chi connectivity index (χ0) is 13.7. The molecule has 0 radical (unpaired) electrons. The van der Waals surface area contributed by atoms with E-state index in [4.69, 9.17) is 0 Å². The third-order valence-electron chi connectivity index (χ3n) is 3.99. The van der Waals surface area contributed by atoms with E-state index in [1.54, 1.807) is 0 Å². The van der Waals surface area contributed by atoms with Crippen LogP contribution in [-0.4, -0.2) is 14.8 Å². The van der Waals surface area contributed by atoms with Gasteiger partial charge in [0.05, 0.1) is 5.33 Å². The number of alkyl halides is 1. The SMILES string of the molecule is CC(C)Cn1c(CBr)nnc1C1CCCCCCC1. The van der Waals surface area contributed by atoms with Gasteiger partial charge in [0, 0.05) is 12.5 Å². The van der Waals surface area contributed by atoms with E-state index < -0.39 is 0 Å². The summed E-state index contributed by atoms with van der Waals surface area (Å²) >= 11 is 3.54. The second-order valence-corrected chi connectivity index (χ2v) is 6.72. The van der Waals surface area contributed by atoms with Gasteiger partial charge >= 0.3 is 0 Å². The standard InChI is InChI=1S/C15H26BrN3/c1-12(2)11-19-14(10-16)17-18-15(19)13-8-6-4-3-5-7-9-13/h12-13H,3-11H2,1-2H3. The molecule has 2 rings (SSSR count). The maximum atomic E-state index is 4.52. The molecule has 4 heteroatoms. The molecule has 19 heavy (non-hydrogen) atoms. The van der Waals surface area contributed by atoms with E-state index in [1.807, 2.05) is 0 Å². The number of nitrogens with zero attached hydrogens (tertiary/aromatic N) is 3. The molecule has 3 nitrogen and oxygen atoms in total. The van der Waals surface area contributed by atoms with Crippen LogP contribution in [0.2, 0.25) is 0 Å². The molecule has 0 unspecified atom stereocenters. The van der Waals surface area contributed by atoms with E-state index in [1.165, 1.54) is 50.8 Å². The van der Waals surface area contributed by atoms with Gasteiger partial charge in [-0.15, -0.1) is 10.2 Å². The summed E-state index contributed by atoms with van der Waals surface area (Å²) in [6, 6.07) is 0. The summed E-state index contributed by atoms with van der Waals surface area (Å²) < 4.78 is 2.37. The van der Waals surface area contributed by atoms with Crippen molar-refractivity contribution in [3.8, 4) is 0 Å². The van der Waals surface area contributed by atoms with Crippen molar-refractivity contribution >= 4 is 15.9 Å². The molecule has 1 aliphatic carbocycles. The molecule has 0 saturated heterocycles. The molecule has 0 N–H and O–H groups in total. The van der Waals surface area contributed by atoms with E-state index >= 15 is 0 Å². The number of halogens is 1. The highest BCUT2D eigenvalue weighted by Gasteiger charge is 2.21. The molecule has 0 atom stereocenters. The van der Waals surface area contributed by atoms with Gasteiger partial charge in [-0.05, 0) is 18.8 Å². The van der Waals surface area contributed by atoms with Gasteiger partial charge in [-0.25, -0.2) is 0 Å². The Bertz CT molecular complexity index is 379. The lowest BCUT2D eigenvalue weighted by Gasteiger charge is -2.21. The summed E-state index contributed by atoms with van der Waals surface area (Å²) in [7, 11) is 0. The fourth-order valence-electron chi connectivity index (χ4n) is 3.03. The van der Waals surface area contributed by atoms with Gasteiger partial charge in [-0.3, -0.25) is 0 Å². The van der Waals surface area contributed by atoms with Gasteiger partial charge in [-0.1, -0.05) is 61.9 Å². The molecule has 1 aromatic heterocycles. The van der Waals surface area contributed by atoms with Crippen LogP contribution in [0.25, 0.3) is 0 Å². The minimum absolute atomic E-state index is 0.624. The van der Waals surface area contributed by atoms with Crippen LogP contribution < -0.4 is 0 Å². The normalized spacial score (nSPS) is 18.5. The van der Waals surface area contributed by atoms with E-state index in [0.717, 1.165) is 17.7 Å². The number of rotatable bonds is 4. The minimum Gasteiger partial charge on any atom is -0.314 e. The van der Waals surface area contributed by atoms with Gasteiger partial charge in [0.1, 0.15) is 11.6 Å². The average molecular weight is 328 g/mol. The minimum atomic E-state index is 0.624. The Kier molecular flexibility index (Phi) is 5.86. The molecule has 1 heterocycles. The molecular formula is C15H26BrN3. The first-order chi connectivity index (χ1) is 9.22. The van der Waals surface area contributed by atoms with Crippen LogP contribution in [0.1, 0.15) is 76.4 Å². The molecule has 0 aromatic carbocycles. The predicted molar refractivity (Wildman–Crippen MR) is 82.6 cm³/mol. The van der Waals surface area contributed by atoms with Crippen LogP contribution in [-0.2, 0) is 11.9 Å². The molecule has 1 fully saturated rings. The number of hydrogen-bond donors (Lipinski definition) is 0. The van der Waals surface area contributed by atoms with Crippen LogP contribution in [0.15, 0.2) is 0 Å². The van der Waals surface area contributed by atoms with Crippen molar-refractivity contribution < 1.29 is 0 Å². The van der Waals surface area contributed by atoms with Gasteiger partial charge in [0.2, 0.25) is 0 Å². The molecule has 1 aliphatic rings. The first-order valence-electron chi connectivity index (χ1n) is 7.70. The highest BCUT2D eigenvalue weighted by Crippen LogP contribution is 2.30. The maximum Gasteiger partial charge on any atom is 0.143 e. The lowest BCUT2D eigenvalue weighted by molar-refractivity contribution is 0.413. The molecule has 108 valence electrons. The second-order valence-electron chi connectivity index (χ2n) is 6.15. The van der Waals surface area contributed by atoms with Crippen molar-refractivity contribution in [3.63, 3.8) is 0 Å². The Hall–Kier alpha value is -0.380. The third kappa shape index (κ3) is 4.04. The average Bonchev–Trinajstić information content (AvgIpc) is 2.71. The van der Waals surface area contributed by atoms with Crippen molar-refractivity contribution in [2.24, 2.45) is 5.92 Å². The van der Waals surface area contributed by atoms with Crippen molar-refractivity contribution in [1.82, 2.24) is 14.8 Å². The second kappa shape index (κ2) is 7.41. The van der Waals surface area contributed by atoms with E-state index in [-0.39, 0.29) is 0 Å². The summed E-state index contributed by atoms with van der Waals surface area (Å²) in [6.07, 6.45) is 9.47. The largest absolute Gasteiger partial charge is 0.314 e.